The van der Waals surface area contributed by atoms with Gasteiger partial charge in [0.25, 0.3) is 0 Å². The van der Waals surface area contributed by atoms with Crippen LogP contribution in [-0.2, 0) is 10.0 Å². The average Bonchev–Trinajstić information content (AvgIpc) is 2.89. The van der Waals surface area contributed by atoms with Crippen molar-refractivity contribution in [3.63, 3.8) is 0 Å². The molecule has 114 valence electrons. The molecule has 1 unspecified atom stereocenters. The Kier molecular flexibility index (Phi) is 5.37. The minimum Gasteiger partial charge on any atom is -0.320 e. The van der Waals surface area contributed by atoms with Crippen molar-refractivity contribution in [2.24, 2.45) is 5.73 Å². The number of likely N-dealkylation sites (tertiary alicyclic amines) is 1. The van der Waals surface area contributed by atoms with Crippen molar-refractivity contribution in [3.8, 4) is 11.8 Å². The molecule has 0 aromatic heterocycles. The highest BCUT2D eigenvalue weighted by atomic mass is 32.2. The molecule has 0 amide bonds. The molecule has 1 heterocycles. The number of hydrogen-bond donors (Lipinski definition) is 2. The van der Waals surface area contributed by atoms with Crippen LogP contribution in [0.5, 0.6) is 0 Å². The van der Waals surface area contributed by atoms with E-state index in [2.05, 4.69) is 21.5 Å². The van der Waals surface area contributed by atoms with Gasteiger partial charge in [-0.15, -0.1) is 0 Å². The number of nitrogens with zero attached hydrogens (tertiary/aromatic N) is 1. The van der Waals surface area contributed by atoms with Crippen molar-refractivity contribution in [2.75, 3.05) is 26.7 Å². The smallest absolute Gasteiger partial charge is 0.240 e. The Labute approximate surface area is 126 Å². The molecule has 2 rings (SSSR count). The van der Waals surface area contributed by atoms with Crippen molar-refractivity contribution in [3.05, 3.63) is 29.8 Å². The number of benzene rings is 1. The van der Waals surface area contributed by atoms with Crippen LogP contribution in [0.25, 0.3) is 0 Å². The standard InChI is InChI=1S/C15H21N3O2S/c1-18-11-3-5-14(18)12-17-21(19,20)15-8-6-13(7-9-15)4-2-10-16/h6-9,14,17H,3,5,10-12,16H2,1H3. The third-order valence-corrected chi connectivity index (χ3v) is 5.12. The fourth-order valence-corrected chi connectivity index (χ4v) is 3.47. The lowest BCUT2D eigenvalue weighted by atomic mass is 10.2. The lowest BCUT2D eigenvalue weighted by molar-refractivity contribution is 0.311. The van der Waals surface area contributed by atoms with Crippen molar-refractivity contribution in [1.29, 1.82) is 0 Å². The first-order valence-corrected chi connectivity index (χ1v) is 8.50. The van der Waals surface area contributed by atoms with E-state index >= 15 is 0 Å². The van der Waals surface area contributed by atoms with Crippen LogP contribution in [0.2, 0.25) is 0 Å². The van der Waals surface area contributed by atoms with Gasteiger partial charge in [-0.3, -0.25) is 0 Å². The number of nitrogens with two attached hydrogens (primary N) is 1. The highest BCUT2D eigenvalue weighted by molar-refractivity contribution is 7.89. The Hall–Kier alpha value is -1.39. The molecule has 21 heavy (non-hydrogen) atoms. The van der Waals surface area contributed by atoms with E-state index in [1.807, 2.05) is 7.05 Å². The van der Waals surface area contributed by atoms with E-state index in [-0.39, 0.29) is 17.5 Å². The van der Waals surface area contributed by atoms with Crippen molar-refractivity contribution >= 4 is 10.0 Å². The van der Waals surface area contributed by atoms with Crippen LogP contribution in [0, 0.1) is 11.8 Å². The summed E-state index contributed by atoms with van der Waals surface area (Å²) in [6.45, 7) is 1.77. The van der Waals surface area contributed by atoms with Crippen LogP contribution in [0.4, 0.5) is 0 Å². The molecule has 0 radical (unpaired) electrons. The van der Waals surface area contributed by atoms with Crippen molar-refractivity contribution in [2.45, 2.75) is 23.8 Å². The Morgan fingerprint density at radius 3 is 2.67 bits per heavy atom. The van der Waals surface area contributed by atoms with Gasteiger partial charge in [0.1, 0.15) is 0 Å². The number of hydrogen-bond acceptors (Lipinski definition) is 4. The van der Waals surface area contributed by atoms with Gasteiger partial charge in [0.15, 0.2) is 0 Å². The molecule has 1 aliphatic heterocycles. The van der Waals surface area contributed by atoms with Gasteiger partial charge >= 0.3 is 0 Å². The maximum atomic E-state index is 12.2. The number of nitrogens with one attached hydrogen (secondary N) is 1. The molecule has 1 atom stereocenters. The summed E-state index contributed by atoms with van der Waals surface area (Å²) in [5.41, 5.74) is 6.06. The average molecular weight is 307 g/mol. The van der Waals surface area contributed by atoms with Crippen LogP contribution in [0.15, 0.2) is 29.2 Å². The third-order valence-electron chi connectivity index (χ3n) is 3.68. The first-order valence-electron chi connectivity index (χ1n) is 7.02. The fourth-order valence-electron chi connectivity index (χ4n) is 2.40. The van der Waals surface area contributed by atoms with Gasteiger partial charge < -0.3 is 10.6 Å². The molecule has 1 aliphatic rings. The van der Waals surface area contributed by atoms with Gasteiger partial charge in [0.05, 0.1) is 11.4 Å². The number of rotatable bonds is 4. The molecule has 1 fully saturated rings. The third kappa shape index (κ3) is 4.29. The predicted octanol–water partition coefficient (Wildman–Crippen LogP) is 0.369. The summed E-state index contributed by atoms with van der Waals surface area (Å²) < 4.78 is 27.2. The Morgan fingerprint density at radius 2 is 2.10 bits per heavy atom. The molecule has 1 saturated heterocycles. The van der Waals surface area contributed by atoms with E-state index in [1.54, 1.807) is 24.3 Å². The molecule has 1 aromatic carbocycles. The van der Waals surface area contributed by atoms with Crippen molar-refractivity contribution in [1.82, 2.24) is 9.62 Å². The van der Waals surface area contributed by atoms with Gasteiger partial charge in [-0.25, -0.2) is 13.1 Å². The minimum absolute atomic E-state index is 0.265. The maximum absolute atomic E-state index is 12.2. The zero-order valence-electron chi connectivity index (χ0n) is 12.2. The zero-order valence-corrected chi connectivity index (χ0v) is 13.0. The van der Waals surface area contributed by atoms with Gasteiger partial charge in [0.2, 0.25) is 10.0 Å². The van der Waals surface area contributed by atoms with Crippen LogP contribution < -0.4 is 10.5 Å². The Morgan fingerprint density at radius 1 is 1.38 bits per heavy atom. The first-order chi connectivity index (χ1) is 10.0. The fraction of sp³-hybridized carbons (Fsp3) is 0.467. The first kappa shape index (κ1) is 16.0. The molecular weight excluding hydrogens is 286 g/mol. The number of sulfonamides is 1. The van der Waals surface area contributed by atoms with Gasteiger partial charge in [-0.05, 0) is 50.7 Å². The van der Waals surface area contributed by atoms with E-state index < -0.39 is 10.0 Å². The normalized spacial score (nSPS) is 19.2. The maximum Gasteiger partial charge on any atom is 0.240 e. The zero-order chi connectivity index (χ0) is 15.3. The van der Waals surface area contributed by atoms with Crippen LogP contribution >= 0.6 is 0 Å². The summed E-state index contributed by atoms with van der Waals surface area (Å²) in [5.74, 6) is 5.61. The molecule has 0 aliphatic carbocycles. The summed E-state index contributed by atoms with van der Waals surface area (Å²) in [6.07, 6.45) is 2.16. The molecule has 0 spiro atoms. The summed E-state index contributed by atoms with van der Waals surface area (Å²) in [5, 5.41) is 0. The summed E-state index contributed by atoms with van der Waals surface area (Å²) in [6, 6.07) is 6.81. The van der Waals surface area contributed by atoms with Crippen LogP contribution in [0.1, 0.15) is 18.4 Å². The molecule has 6 heteroatoms. The monoisotopic (exact) mass is 307 g/mol. The van der Waals surface area contributed by atoms with Gasteiger partial charge in [0, 0.05) is 18.2 Å². The molecule has 0 bridgehead atoms. The minimum atomic E-state index is -3.46. The van der Waals surface area contributed by atoms with Crippen molar-refractivity contribution < 1.29 is 8.42 Å². The molecule has 5 nitrogen and oxygen atoms in total. The second-order valence-corrected chi connectivity index (χ2v) is 6.93. The largest absolute Gasteiger partial charge is 0.320 e. The second kappa shape index (κ2) is 7.05. The van der Waals surface area contributed by atoms with E-state index in [0.717, 1.165) is 24.9 Å². The topological polar surface area (TPSA) is 75.4 Å². The van der Waals surface area contributed by atoms with E-state index in [4.69, 9.17) is 5.73 Å². The number of likely N-dealkylation sites (N-methyl/N-ethyl adjacent to an activating group) is 1. The van der Waals surface area contributed by atoms with Gasteiger partial charge in [-0.2, -0.15) is 0 Å². The molecule has 0 saturated carbocycles. The molecular formula is C15H21N3O2S. The Balaban J connectivity index is 2.01. The quantitative estimate of drug-likeness (QED) is 0.788. The van der Waals surface area contributed by atoms with E-state index in [0.29, 0.717) is 6.54 Å². The molecule has 3 N–H and O–H groups in total. The lowest BCUT2D eigenvalue weighted by Crippen LogP contribution is -2.38. The summed E-state index contributed by atoms with van der Waals surface area (Å²) in [7, 11) is -1.43. The summed E-state index contributed by atoms with van der Waals surface area (Å²) >= 11 is 0. The SMILES string of the molecule is CN1CCCC1CNS(=O)(=O)c1ccc(C#CCN)cc1. The lowest BCUT2D eigenvalue weighted by Gasteiger charge is -2.19. The van der Waals surface area contributed by atoms with Crippen LogP contribution in [0.3, 0.4) is 0 Å². The van der Waals surface area contributed by atoms with Gasteiger partial charge in [-0.1, -0.05) is 11.8 Å². The van der Waals surface area contributed by atoms with E-state index in [9.17, 15) is 8.42 Å². The Bertz CT molecular complexity index is 629. The second-order valence-electron chi connectivity index (χ2n) is 5.16. The summed E-state index contributed by atoms with van der Waals surface area (Å²) in [4.78, 5) is 2.45. The predicted molar refractivity (Wildman–Crippen MR) is 83.2 cm³/mol. The van der Waals surface area contributed by atoms with E-state index in [1.165, 1.54) is 0 Å². The highest BCUT2D eigenvalue weighted by Crippen LogP contribution is 2.15. The van der Waals surface area contributed by atoms with Crippen LogP contribution in [-0.4, -0.2) is 46.0 Å². The highest BCUT2D eigenvalue weighted by Gasteiger charge is 2.23. The molecule has 1 aromatic rings.